The van der Waals surface area contributed by atoms with Crippen molar-refractivity contribution in [3.63, 3.8) is 0 Å². The van der Waals surface area contributed by atoms with Crippen molar-refractivity contribution in [2.24, 2.45) is 10.9 Å². The lowest BCUT2D eigenvalue weighted by Crippen LogP contribution is -2.35. The number of fused-ring (bicyclic) bond motifs is 2. The van der Waals surface area contributed by atoms with Gasteiger partial charge in [-0.05, 0) is 62.2 Å². The highest BCUT2D eigenvalue weighted by molar-refractivity contribution is 7.16. The van der Waals surface area contributed by atoms with E-state index in [2.05, 4.69) is 25.7 Å². The maximum Gasteiger partial charge on any atom is 0.185 e. The molecule has 1 aliphatic heterocycles. The summed E-state index contributed by atoms with van der Waals surface area (Å²) in [6.07, 6.45) is 2.23. The number of nitrogens with zero attached hydrogens (tertiary/aromatic N) is 4. The highest BCUT2D eigenvalue weighted by atomic mass is 35.5. The normalized spacial score (nSPS) is 16.8. The summed E-state index contributed by atoms with van der Waals surface area (Å²) in [6, 6.07) is 10.7. The van der Waals surface area contributed by atoms with Gasteiger partial charge in [-0.15, -0.1) is 0 Å². The van der Waals surface area contributed by atoms with E-state index in [-0.39, 0.29) is 5.82 Å². The Morgan fingerprint density at radius 3 is 2.87 bits per heavy atom. The van der Waals surface area contributed by atoms with Gasteiger partial charge in [0.25, 0.3) is 0 Å². The van der Waals surface area contributed by atoms with E-state index >= 15 is 0 Å². The quantitative estimate of drug-likeness (QED) is 0.441. The summed E-state index contributed by atoms with van der Waals surface area (Å²) in [5, 5.41) is 5.82. The third kappa shape index (κ3) is 3.77. The van der Waals surface area contributed by atoms with Crippen molar-refractivity contribution in [2.45, 2.75) is 25.9 Å². The molecule has 1 aliphatic rings. The van der Waals surface area contributed by atoms with E-state index < -0.39 is 0 Å². The SMILES string of the molecule is CN=c1sc2cc(Cl)ccc2n1CC1CCN(Cc2noc3cc(F)ccc23)CC1. The number of aromatic nitrogens is 2. The predicted molar refractivity (Wildman–Crippen MR) is 118 cm³/mol. The molecule has 0 spiro atoms. The van der Waals surface area contributed by atoms with Crippen molar-refractivity contribution in [2.75, 3.05) is 20.1 Å². The standard InChI is InChI=1S/C22H22ClFN4OS/c1-25-22-28(19-5-2-15(23)10-21(19)30-22)12-14-6-8-27(9-7-14)13-18-17-4-3-16(24)11-20(17)29-26-18/h2-5,10-11,14H,6-9,12-13H2,1H3. The molecule has 156 valence electrons. The third-order valence-corrected chi connectivity index (χ3v) is 7.23. The van der Waals surface area contributed by atoms with Crippen molar-refractivity contribution >= 4 is 44.1 Å². The molecular weight excluding hydrogens is 423 g/mol. The summed E-state index contributed by atoms with van der Waals surface area (Å²) in [5.74, 6) is 0.299. The van der Waals surface area contributed by atoms with Gasteiger partial charge in [0.15, 0.2) is 10.4 Å². The van der Waals surface area contributed by atoms with Crippen LogP contribution in [0.2, 0.25) is 5.02 Å². The van der Waals surface area contributed by atoms with Gasteiger partial charge in [-0.3, -0.25) is 9.89 Å². The molecule has 2 aromatic heterocycles. The van der Waals surface area contributed by atoms with Crippen LogP contribution in [0.15, 0.2) is 45.9 Å². The minimum absolute atomic E-state index is 0.301. The number of hydrogen-bond acceptors (Lipinski definition) is 5. The fourth-order valence-electron chi connectivity index (χ4n) is 4.27. The first-order valence-corrected chi connectivity index (χ1v) is 11.3. The Labute approximate surface area is 182 Å². The second-order valence-corrected chi connectivity index (χ2v) is 9.27. The summed E-state index contributed by atoms with van der Waals surface area (Å²) >= 11 is 7.85. The average molecular weight is 445 g/mol. The molecule has 1 fully saturated rings. The summed E-state index contributed by atoms with van der Waals surface area (Å²) in [6.45, 7) is 3.71. The molecular formula is C22H22ClFN4OS. The fraction of sp³-hybridized carbons (Fsp3) is 0.364. The molecule has 0 aliphatic carbocycles. The van der Waals surface area contributed by atoms with Gasteiger partial charge in [-0.1, -0.05) is 28.1 Å². The molecule has 0 atom stereocenters. The number of rotatable bonds is 4. The van der Waals surface area contributed by atoms with Gasteiger partial charge < -0.3 is 9.09 Å². The van der Waals surface area contributed by atoms with Gasteiger partial charge in [0, 0.05) is 36.6 Å². The lowest BCUT2D eigenvalue weighted by molar-refractivity contribution is 0.164. The second kappa shape index (κ2) is 8.13. The van der Waals surface area contributed by atoms with Crippen LogP contribution in [-0.4, -0.2) is 34.8 Å². The van der Waals surface area contributed by atoms with Gasteiger partial charge in [0.05, 0.1) is 10.2 Å². The highest BCUT2D eigenvalue weighted by Crippen LogP contribution is 2.27. The Morgan fingerprint density at radius 2 is 2.07 bits per heavy atom. The molecule has 0 saturated carbocycles. The van der Waals surface area contributed by atoms with Crippen LogP contribution in [0.1, 0.15) is 18.5 Å². The molecule has 2 aromatic carbocycles. The van der Waals surface area contributed by atoms with E-state index in [0.29, 0.717) is 11.5 Å². The Hall–Kier alpha value is -2.22. The smallest absolute Gasteiger partial charge is 0.185 e. The zero-order valence-electron chi connectivity index (χ0n) is 16.6. The van der Waals surface area contributed by atoms with Crippen LogP contribution < -0.4 is 4.80 Å². The van der Waals surface area contributed by atoms with Gasteiger partial charge in [-0.25, -0.2) is 4.39 Å². The van der Waals surface area contributed by atoms with E-state index in [1.807, 2.05) is 19.2 Å². The van der Waals surface area contributed by atoms with Crippen LogP contribution in [0.5, 0.6) is 0 Å². The van der Waals surface area contributed by atoms with Crippen LogP contribution in [0.25, 0.3) is 21.2 Å². The number of thiazole rings is 1. The zero-order valence-corrected chi connectivity index (χ0v) is 18.2. The maximum absolute atomic E-state index is 13.4. The first-order chi connectivity index (χ1) is 14.6. The molecule has 0 N–H and O–H groups in total. The summed E-state index contributed by atoms with van der Waals surface area (Å²) in [4.78, 5) is 7.92. The summed E-state index contributed by atoms with van der Waals surface area (Å²) < 4.78 is 22.2. The Balaban J connectivity index is 1.27. The van der Waals surface area contributed by atoms with Gasteiger partial charge in [-0.2, -0.15) is 0 Å². The molecule has 5 nitrogen and oxygen atoms in total. The number of halogens is 2. The Bertz CT molecular complexity index is 1270. The zero-order chi connectivity index (χ0) is 20.7. The van der Waals surface area contributed by atoms with Crippen LogP contribution >= 0.6 is 22.9 Å². The van der Waals surface area contributed by atoms with Gasteiger partial charge in [0.2, 0.25) is 0 Å². The molecule has 1 saturated heterocycles. The molecule has 0 bridgehead atoms. The molecule has 30 heavy (non-hydrogen) atoms. The predicted octanol–water partition coefficient (Wildman–Crippen LogP) is 5.08. The molecule has 4 aromatic rings. The van der Waals surface area contributed by atoms with E-state index in [0.717, 1.165) is 59.9 Å². The van der Waals surface area contributed by atoms with Crippen LogP contribution in [0.4, 0.5) is 4.39 Å². The summed E-state index contributed by atoms with van der Waals surface area (Å²) in [5.41, 5.74) is 2.59. The van der Waals surface area contributed by atoms with Crippen LogP contribution in [-0.2, 0) is 13.1 Å². The van der Waals surface area contributed by atoms with E-state index in [9.17, 15) is 4.39 Å². The topological polar surface area (TPSA) is 46.6 Å². The van der Waals surface area contributed by atoms with Crippen molar-refractivity contribution in [1.82, 2.24) is 14.6 Å². The lowest BCUT2D eigenvalue weighted by atomic mass is 9.96. The van der Waals surface area contributed by atoms with Crippen molar-refractivity contribution in [3.05, 3.63) is 57.7 Å². The summed E-state index contributed by atoms with van der Waals surface area (Å²) in [7, 11) is 1.85. The Morgan fingerprint density at radius 1 is 1.23 bits per heavy atom. The lowest BCUT2D eigenvalue weighted by Gasteiger charge is -2.31. The first-order valence-electron chi connectivity index (χ1n) is 10.1. The van der Waals surface area contributed by atoms with E-state index in [1.165, 1.54) is 22.3 Å². The maximum atomic E-state index is 13.4. The molecule has 0 radical (unpaired) electrons. The largest absolute Gasteiger partial charge is 0.356 e. The monoisotopic (exact) mass is 444 g/mol. The number of hydrogen-bond donors (Lipinski definition) is 0. The second-order valence-electron chi connectivity index (χ2n) is 7.82. The van der Waals surface area contributed by atoms with Crippen LogP contribution in [0, 0.1) is 11.7 Å². The van der Waals surface area contributed by atoms with Gasteiger partial charge >= 0.3 is 0 Å². The van der Waals surface area contributed by atoms with Gasteiger partial charge in [0.1, 0.15) is 11.5 Å². The third-order valence-electron chi connectivity index (χ3n) is 5.87. The first kappa shape index (κ1) is 19.7. The highest BCUT2D eigenvalue weighted by Gasteiger charge is 2.22. The minimum Gasteiger partial charge on any atom is -0.356 e. The van der Waals surface area contributed by atoms with Crippen molar-refractivity contribution < 1.29 is 8.91 Å². The Kier molecular flexibility index (Phi) is 5.35. The average Bonchev–Trinajstić information content (AvgIpc) is 3.29. The van der Waals surface area contributed by atoms with E-state index in [4.69, 9.17) is 16.1 Å². The minimum atomic E-state index is -0.301. The van der Waals surface area contributed by atoms with Crippen LogP contribution in [0.3, 0.4) is 0 Å². The van der Waals surface area contributed by atoms with E-state index in [1.54, 1.807) is 17.4 Å². The molecule has 0 amide bonds. The number of piperidine rings is 1. The van der Waals surface area contributed by atoms with Crippen molar-refractivity contribution in [1.29, 1.82) is 0 Å². The van der Waals surface area contributed by atoms with Crippen molar-refractivity contribution in [3.8, 4) is 0 Å². The molecule has 3 heterocycles. The fourth-order valence-corrected chi connectivity index (χ4v) is 5.54. The molecule has 0 unspecified atom stereocenters. The number of benzene rings is 2. The number of likely N-dealkylation sites (tertiary alicyclic amines) is 1. The molecule has 5 rings (SSSR count). The molecule has 8 heteroatoms.